The highest BCUT2D eigenvalue weighted by atomic mass is 19.1. The molecule has 230 valence electrons. The molecule has 2 N–H and O–H groups in total. The predicted molar refractivity (Wildman–Crippen MR) is 162 cm³/mol. The number of nitrogens with zero attached hydrogens (tertiary/aromatic N) is 5. The zero-order valence-corrected chi connectivity index (χ0v) is 24.6. The number of aromatic nitrogens is 3. The lowest BCUT2D eigenvalue weighted by Gasteiger charge is -2.46. The normalized spacial score (nSPS) is 26.6. The Morgan fingerprint density at radius 1 is 1.16 bits per heavy atom. The number of benzene rings is 2. The highest BCUT2D eigenvalue weighted by molar-refractivity contribution is 6.01. The topological polar surface area (TPSA) is 86.6 Å². The number of hydrogen-bond acceptors (Lipinski definition) is 8. The first-order valence-corrected chi connectivity index (χ1v) is 15.7. The Morgan fingerprint density at radius 2 is 2.05 bits per heavy atom. The van der Waals surface area contributed by atoms with Gasteiger partial charge < -0.3 is 20.1 Å². The summed E-state index contributed by atoms with van der Waals surface area (Å²) in [7, 11) is 0. The molecular weight excluding hydrogens is 569 g/mol. The number of aryl methyl sites for hydroxylation is 1. The zero-order valence-electron chi connectivity index (χ0n) is 24.6. The summed E-state index contributed by atoms with van der Waals surface area (Å²) in [6.45, 7) is 4.82. The number of rotatable bonds is 6. The van der Waals surface area contributed by atoms with Gasteiger partial charge in [-0.1, -0.05) is 13.0 Å². The van der Waals surface area contributed by atoms with Gasteiger partial charge in [0.15, 0.2) is 5.82 Å². The van der Waals surface area contributed by atoms with Gasteiger partial charge in [-0.15, -0.1) is 0 Å². The van der Waals surface area contributed by atoms with Gasteiger partial charge in [-0.25, -0.2) is 13.2 Å². The summed E-state index contributed by atoms with van der Waals surface area (Å²) in [5.41, 5.74) is 0.319. The van der Waals surface area contributed by atoms with Crippen molar-refractivity contribution in [2.24, 2.45) is 0 Å². The van der Waals surface area contributed by atoms with Crippen LogP contribution >= 0.6 is 0 Å². The van der Waals surface area contributed by atoms with E-state index in [0.29, 0.717) is 58.5 Å². The Labute approximate surface area is 253 Å². The van der Waals surface area contributed by atoms with Crippen LogP contribution in [0.2, 0.25) is 0 Å². The van der Waals surface area contributed by atoms with E-state index in [9.17, 15) is 13.9 Å². The Balaban J connectivity index is 1.28. The number of halogens is 3. The summed E-state index contributed by atoms with van der Waals surface area (Å²) in [6.07, 6.45) is 5.32. The summed E-state index contributed by atoms with van der Waals surface area (Å²) >= 11 is 0. The third-order valence-corrected chi connectivity index (χ3v) is 10.3. The van der Waals surface area contributed by atoms with E-state index in [-0.39, 0.29) is 35.6 Å². The Kier molecular flexibility index (Phi) is 6.60. The average Bonchev–Trinajstić information content (AvgIpc) is 3.56. The molecule has 5 fully saturated rings. The number of alkyl halides is 1. The van der Waals surface area contributed by atoms with Crippen LogP contribution in [0.1, 0.15) is 44.6 Å². The number of aromatic hydroxyl groups is 1. The van der Waals surface area contributed by atoms with E-state index >= 15 is 4.39 Å². The molecule has 7 heterocycles. The fourth-order valence-electron chi connectivity index (χ4n) is 8.14. The molecule has 4 aromatic rings. The van der Waals surface area contributed by atoms with Crippen LogP contribution in [0.4, 0.5) is 19.0 Å². The average molecular weight is 605 g/mol. The third-order valence-electron chi connectivity index (χ3n) is 10.3. The van der Waals surface area contributed by atoms with E-state index < -0.39 is 23.3 Å². The monoisotopic (exact) mass is 604 g/mol. The predicted octanol–water partition coefficient (Wildman–Crippen LogP) is 5.29. The maximum Gasteiger partial charge on any atom is 0.319 e. The number of phenolic OH excluding ortho intramolecular Hbond substituents is 1. The molecule has 4 atom stereocenters. The van der Waals surface area contributed by atoms with Gasteiger partial charge in [0.05, 0.1) is 10.9 Å². The third kappa shape index (κ3) is 4.38. The van der Waals surface area contributed by atoms with E-state index in [1.54, 1.807) is 18.3 Å². The highest BCUT2D eigenvalue weighted by Gasteiger charge is 2.49. The van der Waals surface area contributed by atoms with Crippen molar-refractivity contribution < 1.29 is 23.0 Å². The lowest BCUT2D eigenvalue weighted by atomic mass is 9.92. The fourth-order valence-corrected chi connectivity index (χ4v) is 8.14. The zero-order chi connectivity index (χ0) is 30.2. The van der Waals surface area contributed by atoms with E-state index in [4.69, 9.17) is 9.72 Å². The number of hydrogen-bond donors (Lipinski definition) is 2. The van der Waals surface area contributed by atoms with Crippen molar-refractivity contribution in [2.75, 3.05) is 37.7 Å². The van der Waals surface area contributed by atoms with Crippen LogP contribution in [0, 0.1) is 11.6 Å². The summed E-state index contributed by atoms with van der Waals surface area (Å²) in [5, 5.41) is 15.7. The minimum absolute atomic E-state index is 0.0345. The van der Waals surface area contributed by atoms with Gasteiger partial charge in [-0.2, -0.15) is 9.97 Å². The van der Waals surface area contributed by atoms with Gasteiger partial charge in [-0.3, -0.25) is 9.88 Å². The van der Waals surface area contributed by atoms with E-state index in [2.05, 4.69) is 25.1 Å². The minimum atomic E-state index is -0.899. The molecule has 2 bridgehead atoms. The Bertz CT molecular complexity index is 1780. The summed E-state index contributed by atoms with van der Waals surface area (Å²) < 4.78 is 52.4. The lowest BCUT2D eigenvalue weighted by Crippen LogP contribution is -2.61. The van der Waals surface area contributed by atoms with Crippen LogP contribution in [0.25, 0.3) is 32.9 Å². The first-order valence-electron chi connectivity index (χ1n) is 15.7. The van der Waals surface area contributed by atoms with E-state index in [1.807, 2.05) is 6.92 Å². The van der Waals surface area contributed by atoms with Gasteiger partial charge in [0.1, 0.15) is 41.4 Å². The molecule has 0 amide bonds. The number of piperazine rings is 1. The second kappa shape index (κ2) is 10.4. The molecule has 44 heavy (non-hydrogen) atoms. The summed E-state index contributed by atoms with van der Waals surface area (Å²) in [6, 6.07) is 6.44. The Morgan fingerprint density at radius 3 is 2.82 bits per heavy atom. The highest BCUT2D eigenvalue weighted by Crippen LogP contribution is 2.42. The second-order valence-electron chi connectivity index (χ2n) is 12.8. The molecule has 0 radical (unpaired) electrons. The second-order valence-corrected chi connectivity index (χ2v) is 12.8. The van der Waals surface area contributed by atoms with Crippen molar-refractivity contribution in [1.29, 1.82) is 0 Å². The van der Waals surface area contributed by atoms with Crippen molar-refractivity contribution in [3.05, 3.63) is 47.7 Å². The minimum Gasteiger partial charge on any atom is -0.508 e. The molecule has 0 saturated carbocycles. The van der Waals surface area contributed by atoms with Gasteiger partial charge >= 0.3 is 6.01 Å². The molecule has 9 rings (SSSR count). The number of piperidine rings is 2. The van der Waals surface area contributed by atoms with E-state index in [1.165, 1.54) is 12.1 Å². The molecule has 0 aliphatic carbocycles. The number of nitrogens with one attached hydrogen (secondary N) is 1. The summed E-state index contributed by atoms with van der Waals surface area (Å²) in [5.74, 6) is -0.601. The molecule has 5 aliphatic heterocycles. The first kappa shape index (κ1) is 27.8. The van der Waals surface area contributed by atoms with Crippen LogP contribution in [0.15, 0.2) is 30.5 Å². The molecule has 8 nitrogen and oxygen atoms in total. The van der Waals surface area contributed by atoms with Gasteiger partial charge in [0, 0.05) is 49.9 Å². The quantitative estimate of drug-likeness (QED) is 0.307. The van der Waals surface area contributed by atoms with Crippen LogP contribution in [-0.4, -0.2) is 81.5 Å². The largest absolute Gasteiger partial charge is 0.508 e. The van der Waals surface area contributed by atoms with Gasteiger partial charge in [0.2, 0.25) is 0 Å². The maximum atomic E-state index is 16.8. The maximum absolute atomic E-state index is 16.8. The fraction of sp³-hybridized carbons (Fsp3) is 0.485. The molecule has 2 aromatic carbocycles. The van der Waals surface area contributed by atoms with Crippen molar-refractivity contribution in [3.8, 4) is 23.0 Å². The number of anilines is 1. The lowest BCUT2D eigenvalue weighted by molar-refractivity contribution is 0.107. The molecular formula is C33H35F3N6O2. The number of phenols is 1. The standard InChI is InChI=1S/C33H35F3N6O2/c1-2-23-26(35)7-4-18-10-22(43)11-24(27(18)23)29-28(36)30-25(14-38-29)31(42-16-20-5-6-21(42)13-37-20)40-32(39-30)44-17-33-8-3-9-41(33)15-19(34)12-33/h4,7,10-11,14,19-21,37,43H,2-3,5-6,8-9,12-13,15-17H2,1H3/t19-,20?,21?,33+/m1/s1. The molecule has 11 heteroatoms. The van der Waals surface area contributed by atoms with Crippen molar-refractivity contribution >= 4 is 27.5 Å². The van der Waals surface area contributed by atoms with Crippen LogP contribution < -0.4 is 15.0 Å². The van der Waals surface area contributed by atoms with Crippen LogP contribution in [0.5, 0.6) is 11.8 Å². The summed E-state index contributed by atoms with van der Waals surface area (Å²) in [4.78, 5) is 18.3. The molecule has 5 saturated heterocycles. The van der Waals surface area contributed by atoms with Crippen molar-refractivity contribution in [2.45, 2.75) is 69.2 Å². The first-order chi connectivity index (χ1) is 21.3. The molecule has 2 unspecified atom stereocenters. The van der Waals surface area contributed by atoms with Crippen molar-refractivity contribution in [1.82, 2.24) is 25.2 Å². The molecule has 5 aliphatic rings. The SMILES string of the molecule is CCc1c(F)ccc2cc(O)cc(-c3ncc4c(N5CC6CCC5CN6)nc(OC[C@@]56CCCN5C[C@H](F)C6)nc4c3F)c12. The molecule has 2 aromatic heterocycles. The molecule has 0 spiro atoms. The smallest absolute Gasteiger partial charge is 0.319 e. The van der Waals surface area contributed by atoms with Crippen LogP contribution in [-0.2, 0) is 6.42 Å². The Hall–Kier alpha value is -3.70. The number of pyridine rings is 1. The van der Waals surface area contributed by atoms with Crippen molar-refractivity contribution in [3.63, 3.8) is 0 Å². The van der Waals surface area contributed by atoms with Gasteiger partial charge in [0.25, 0.3) is 0 Å². The number of ether oxygens (including phenoxy) is 1. The van der Waals surface area contributed by atoms with Crippen LogP contribution in [0.3, 0.4) is 0 Å². The van der Waals surface area contributed by atoms with Gasteiger partial charge in [-0.05, 0) is 73.2 Å². The van der Waals surface area contributed by atoms with E-state index in [0.717, 1.165) is 45.3 Å². The number of fused-ring (bicyclic) bond motifs is 6.